The number of nitrogens with zero attached hydrogens (tertiary/aromatic N) is 1. The van der Waals surface area contributed by atoms with E-state index in [1.807, 2.05) is 0 Å². The van der Waals surface area contributed by atoms with Gasteiger partial charge in [0.15, 0.2) is 0 Å². The molecular weight excluding hydrogens is 351 g/mol. The predicted octanol–water partition coefficient (Wildman–Crippen LogP) is 3.38. The zero-order valence-corrected chi connectivity index (χ0v) is 13.3. The minimum absolute atomic E-state index is 0.0132. The van der Waals surface area contributed by atoms with Crippen molar-refractivity contribution in [1.82, 2.24) is 4.72 Å². The van der Waals surface area contributed by atoms with Crippen molar-refractivity contribution in [2.45, 2.75) is 11.4 Å². The highest BCUT2D eigenvalue weighted by Gasteiger charge is 2.20. The summed E-state index contributed by atoms with van der Waals surface area (Å²) in [5.74, 6) is 0. The molecule has 0 fully saturated rings. The maximum atomic E-state index is 12.2. The van der Waals surface area contributed by atoms with Gasteiger partial charge in [-0.25, -0.2) is 13.1 Å². The SMILES string of the molecule is O=[N+]([O-])c1cc(S(=O)(=O)NCc2cccc(Cl)c2)ccc1Cl. The van der Waals surface area contributed by atoms with Gasteiger partial charge >= 0.3 is 0 Å². The van der Waals surface area contributed by atoms with Crippen LogP contribution in [0.15, 0.2) is 47.4 Å². The van der Waals surface area contributed by atoms with E-state index in [4.69, 9.17) is 23.2 Å². The van der Waals surface area contributed by atoms with Crippen molar-refractivity contribution in [2.24, 2.45) is 0 Å². The van der Waals surface area contributed by atoms with Crippen molar-refractivity contribution in [2.75, 3.05) is 0 Å². The van der Waals surface area contributed by atoms with E-state index in [2.05, 4.69) is 4.72 Å². The summed E-state index contributed by atoms with van der Waals surface area (Å²) >= 11 is 11.5. The molecule has 0 aliphatic rings. The lowest BCUT2D eigenvalue weighted by molar-refractivity contribution is -0.384. The summed E-state index contributed by atoms with van der Waals surface area (Å²) in [4.78, 5) is 9.84. The molecule has 22 heavy (non-hydrogen) atoms. The van der Waals surface area contributed by atoms with Crippen molar-refractivity contribution in [1.29, 1.82) is 0 Å². The number of halogens is 2. The zero-order chi connectivity index (χ0) is 16.3. The van der Waals surface area contributed by atoms with Gasteiger partial charge in [-0.1, -0.05) is 35.3 Å². The van der Waals surface area contributed by atoms with Gasteiger partial charge in [-0.05, 0) is 29.8 Å². The molecule has 6 nitrogen and oxygen atoms in total. The number of benzene rings is 2. The van der Waals surface area contributed by atoms with Crippen LogP contribution in [0.3, 0.4) is 0 Å². The fourth-order valence-electron chi connectivity index (χ4n) is 1.71. The van der Waals surface area contributed by atoms with E-state index in [0.29, 0.717) is 10.6 Å². The van der Waals surface area contributed by atoms with Crippen molar-refractivity contribution >= 4 is 38.9 Å². The van der Waals surface area contributed by atoms with E-state index in [9.17, 15) is 18.5 Å². The molecule has 1 N–H and O–H groups in total. The molecule has 0 aromatic heterocycles. The van der Waals surface area contributed by atoms with Crippen molar-refractivity contribution < 1.29 is 13.3 Å². The van der Waals surface area contributed by atoms with E-state index in [1.54, 1.807) is 24.3 Å². The Morgan fingerprint density at radius 1 is 1.14 bits per heavy atom. The average Bonchev–Trinajstić information content (AvgIpc) is 2.45. The van der Waals surface area contributed by atoms with Gasteiger partial charge in [0.1, 0.15) is 5.02 Å². The number of hydrogen-bond donors (Lipinski definition) is 1. The summed E-state index contributed by atoms with van der Waals surface area (Å²) in [7, 11) is -3.90. The van der Waals surface area contributed by atoms with Crippen LogP contribution in [0, 0.1) is 10.1 Å². The predicted molar refractivity (Wildman–Crippen MR) is 83.6 cm³/mol. The fourth-order valence-corrected chi connectivity index (χ4v) is 3.14. The minimum atomic E-state index is -3.90. The van der Waals surface area contributed by atoms with Gasteiger partial charge in [0.25, 0.3) is 5.69 Å². The first-order valence-corrected chi connectivity index (χ1v) is 8.21. The molecule has 2 aromatic carbocycles. The molecule has 0 unspecified atom stereocenters. The second-order valence-electron chi connectivity index (χ2n) is 4.32. The van der Waals surface area contributed by atoms with Crippen LogP contribution in [0.1, 0.15) is 5.56 Å². The third-order valence-corrected chi connectivity index (χ3v) is 4.73. The molecule has 9 heteroatoms. The van der Waals surface area contributed by atoms with Crippen LogP contribution in [0.2, 0.25) is 10.0 Å². The normalized spacial score (nSPS) is 11.4. The first-order chi connectivity index (χ1) is 10.3. The van der Waals surface area contributed by atoms with Crippen molar-refractivity contribution in [3.05, 3.63) is 68.2 Å². The Kier molecular flexibility index (Phi) is 5.02. The third kappa shape index (κ3) is 3.95. The van der Waals surface area contributed by atoms with Gasteiger partial charge in [0, 0.05) is 17.6 Å². The molecule has 0 aliphatic carbocycles. The van der Waals surface area contributed by atoms with Gasteiger partial charge < -0.3 is 0 Å². The molecule has 2 aromatic rings. The molecule has 0 saturated carbocycles. The van der Waals surface area contributed by atoms with Crippen LogP contribution in [0.5, 0.6) is 0 Å². The van der Waals surface area contributed by atoms with Gasteiger partial charge in [0.05, 0.1) is 9.82 Å². The first-order valence-electron chi connectivity index (χ1n) is 5.97. The highest BCUT2D eigenvalue weighted by atomic mass is 35.5. The molecule has 116 valence electrons. The lowest BCUT2D eigenvalue weighted by atomic mass is 10.2. The standard InChI is InChI=1S/C13H10Cl2N2O4S/c14-10-3-1-2-9(6-10)8-16-22(20,21)11-4-5-12(15)13(7-11)17(18)19/h1-7,16H,8H2. The number of nitro benzene ring substituents is 1. The summed E-state index contributed by atoms with van der Waals surface area (Å²) in [5, 5.41) is 11.2. The molecule has 0 heterocycles. The molecule has 0 aliphatic heterocycles. The minimum Gasteiger partial charge on any atom is -0.258 e. The molecule has 0 atom stereocenters. The number of nitro groups is 1. The lowest BCUT2D eigenvalue weighted by Gasteiger charge is -2.07. The van der Waals surface area contributed by atoms with E-state index in [-0.39, 0.29) is 16.5 Å². The zero-order valence-electron chi connectivity index (χ0n) is 11.0. The van der Waals surface area contributed by atoms with Crippen LogP contribution in [-0.2, 0) is 16.6 Å². The van der Waals surface area contributed by atoms with Crippen LogP contribution < -0.4 is 4.72 Å². The summed E-state index contributed by atoms with van der Waals surface area (Å²) in [5.41, 5.74) is 0.201. The molecule has 0 amide bonds. The maximum Gasteiger partial charge on any atom is 0.289 e. The monoisotopic (exact) mass is 360 g/mol. The molecule has 0 saturated heterocycles. The van der Waals surface area contributed by atoms with E-state index >= 15 is 0 Å². The maximum absolute atomic E-state index is 12.2. The first kappa shape index (κ1) is 16.7. The van der Waals surface area contributed by atoms with Gasteiger partial charge in [-0.15, -0.1) is 0 Å². The number of nitrogens with one attached hydrogen (secondary N) is 1. The largest absolute Gasteiger partial charge is 0.289 e. The van der Waals surface area contributed by atoms with Crippen LogP contribution in [0.4, 0.5) is 5.69 Å². The van der Waals surface area contributed by atoms with E-state index in [0.717, 1.165) is 6.07 Å². The Morgan fingerprint density at radius 2 is 1.86 bits per heavy atom. The molecular formula is C13H10Cl2N2O4S. The van der Waals surface area contributed by atoms with E-state index < -0.39 is 20.6 Å². The molecule has 2 rings (SSSR count). The van der Waals surface area contributed by atoms with Crippen LogP contribution >= 0.6 is 23.2 Å². The highest BCUT2D eigenvalue weighted by molar-refractivity contribution is 7.89. The lowest BCUT2D eigenvalue weighted by Crippen LogP contribution is -2.23. The summed E-state index contributed by atoms with van der Waals surface area (Å²) in [6.07, 6.45) is 0. The van der Waals surface area contributed by atoms with E-state index in [1.165, 1.54) is 12.1 Å². The van der Waals surface area contributed by atoms with Gasteiger partial charge in [-0.2, -0.15) is 0 Å². The smallest absolute Gasteiger partial charge is 0.258 e. The Balaban J connectivity index is 2.24. The van der Waals surface area contributed by atoms with Gasteiger partial charge in [-0.3, -0.25) is 10.1 Å². The van der Waals surface area contributed by atoms with Gasteiger partial charge in [0.2, 0.25) is 10.0 Å². The molecule has 0 spiro atoms. The number of rotatable bonds is 5. The Labute approximate surface area is 136 Å². The summed E-state index contributed by atoms with van der Waals surface area (Å²) < 4.78 is 26.7. The Bertz CT molecular complexity index is 825. The van der Waals surface area contributed by atoms with Crippen LogP contribution in [0.25, 0.3) is 0 Å². The average molecular weight is 361 g/mol. The third-order valence-electron chi connectivity index (χ3n) is 2.78. The molecule has 0 bridgehead atoms. The fraction of sp³-hybridized carbons (Fsp3) is 0.0769. The van der Waals surface area contributed by atoms with Crippen LogP contribution in [-0.4, -0.2) is 13.3 Å². The highest BCUT2D eigenvalue weighted by Crippen LogP contribution is 2.27. The Morgan fingerprint density at radius 3 is 2.50 bits per heavy atom. The quantitative estimate of drug-likeness (QED) is 0.653. The molecule has 0 radical (unpaired) electrons. The summed E-state index contributed by atoms with van der Waals surface area (Å²) in [6.45, 7) is 0.0132. The van der Waals surface area contributed by atoms with Crippen molar-refractivity contribution in [3.8, 4) is 0 Å². The Hall–Kier alpha value is -1.67. The number of sulfonamides is 1. The topological polar surface area (TPSA) is 89.3 Å². The second-order valence-corrected chi connectivity index (χ2v) is 6.94. The number of hydrogen-bond acceptors (Lipinski definition) is 4. The van der Waals surface area contributed by atoms with Crippen molar-refractivity contribution in [3.63, 3.8) is 0 Å². The second kappa shape index (κ2) is 6.62. The summed E-state index contributed by atoms with van der Waals surface area (Å²) in [6, 6.07) is 9.99.